The van der Waals surface area contributed by atoms with Crippen LogP contribution in [-0.4, -0.2) is 34.7 Å². The Balaban J connectivity index is 1.66. The van der Waals surface area contributed by atoms with Crippen LogP contribution >= 0.6 is 27.3 Å². The number of carbonyl (C=O) groups excluding carboxylic acids is 2. The first kappa shape index (κ1) is 28.8. The Labute approximate surface area is 240 Å². The Morgan fingerprint density at radius 3 is 1.66 bits per heavy atom. The van der Waals surface area contributed by atoms with Crippen LogP contribution in [0, 0.1) is 0 Å². The molecule has 0 saturated carbocycles. The van der Waals surface area contributed by atoms with Crippen LogP contribution in [0.15, 0.2) is 57.4 Å². The van der Waals surface area contributed by atoms with Crippen molar-refractivity contribution in [3.63, 3.8) is 0 Å². The minimum absolute atomic E-state index is 0.0225. The minimum Gasteiger partial charge on any atom is -0.307 e. The van der Waals surface area contributed by atoms with Crippen molar-refractivity contribution in [2.75, 3.05) is 13.1 Å². The fraction of sp³-hybridized carbons (Fsp3) is 0.500. The van der Waals surface area contributed by atoms with Crippen LogP contribution in [0.1, 0.15) is 101 Å². The highest BCUT2D eigenvalue weighted by Crippen LogP contribution is 2.48. The first-order chi connectivity index (χ1) is 18.6. The second-order valence-electron chi connectivity index (χ2n) is 10.4. The molecule has 2 amide bonds. The van der Waals surface area contributed by atoms with Gasteiger partial charge in [0.15, 0.2) is 0 Å². The average Bonchev–Trinajstić information content (AvgIpc) is 3.56. The Bertz CT molecular complexity index is 1170. The van der Waals surface area contributed by atoms with E-state index in [9.17, 15) is 9.59 Å². The third-order valence-electron chi connectivity index (χ3n) is 7.51. The second kappa shape index (κ2) is 14.3. The quantitative estimate of drug-likeness (QED) is 0.181. The lowest BCUT2D eigenvalue weighted by Crippen LogP contribution is -2.31. The SMILES string of the molecule is CCCCCCCCN1C(=O)C2=C(c3ccc(Br)s3)N(CCCCCCCC)C(=O)C2=C1c1ccccc1. The third kappa shape index (κ3) is 6.51. The molecule has 0 unspecified atom stereocenters. The molecular weight excluding hydrogens is 556 g/mol. The molecule has 1 aromatic heterocycles. The van der Waals surface area contributed by atoms with Gasteiger partial charge in [0.1, 0.15) is 0 Å². The summed E-state index contributed by atoms with van der Waals surface area (Å²) >= 11 is 5.19. The van der Waals surface area contributed by atoms with Crippen molar-refractivity contribution >= 4 is 50.5 Å². The predicted octanol–water partition coefficient (Wildman–Crippen LogP) is 9.04. The number of hydrogen-bond donors (Lipinski definition) is 0. The van der Waals surface area contributed by atoms with Gasteiger partial charge in [0, 0.05) is 13.1 Å². The van der Waals surface area contributed by atoms with Crippen LogP contribution in [-0.2, 0) is 9.59 Å². The summed E-state index contributed by atoms with van der Waals surface area (Å²) in [5.41, 5.74) is 3.73. The normalized spacial score (nSPS) is 15.4. The van der Waals surface area contributed by atoms with E-state index in [4.69, 9.17) is 0 Å². The van der Waals surface area contributed by atoms with Gasteiger partial charge in [-0.3, -0.25) is 9.59 Å². The molecule has 0 N–H and O–H groups in total. The number of thiophene rings is 1. The first-order valence-electron chi connectivity index (χ1n) is 14.5. The summed E-state index contributed by atoms with van der Waals surface area (Å²) in [6.45, 7) is 5.75. The van der Waals surface area contributed by atoms with E-state index < -0.39 is 0 Å². The largest absolute Gasteiger partial charge is 0.307 e. The second-order valence-corrected chi connectivity index (χ2v) is 12.8. The summed E-state index contributed by atoms with van der Waals surface area (Å²) in [4.78, 5) is 33.0. The monoisotopic (exact) mass is 596 g/mol. The molecule has 0 bridgehead atoms. The van der Waals surface area contributed by atoms with E-state index in [0.717, 1.165) is 51.3 Å². The van der Waals surface area contributed by atoms with Crippen LogP contribution in [0.25, 0.3) is 11.4 Å². The van der Waals surface area contributed by atoms with Crippen LogP contribution in [0.5, 0.6) is 0 Å². The summed E-state index contributed by atoms with van der Waals surface area (Å²) < 4.78 is 1.00. The van der Waals surface area contributed by atoms with Gasteiger partial charge in [0.25, 0.3) is 11.8 Å². The third-order valence-corrected chi connectivity index (χ3v) is 9.14. The number of amides is 2. The van der Waals surface area contributed by atoms with Crippen molar-refractivity contribution in [3.05, 3.63) is 67.8 Å². The summed E-state index contributed by atoms with van der Waals surface area (Å²) in [6, 6.07) is 14.1. The maximum atomic E-state index is 14.1. The van der Waals surface area contributed by atoms with Gasteiger partial charge >= 0.3 is 0 Å². The Hall–Kier alpha value is -2.18. The fourth-order valence-corrected chi connectivity index (χ4v) is 6.96. The van der Waals surface area contributed by atoms with E-state index in [1.54, 1.807) is 11.3 Å². The number of nitrogens with zero attached hydrogens (tertiary/aromatic N) is 2. The van der Waals surface area contributed by atoms with Crippen LogP contribution in [0.2, 0.25) is 0 Å². The van der Waals surface area contributed by atoms with Gasteiger partial charge in [-0.25, -0.2) is 0 Å². The molecule has 0 spiro atoms. The van der Waals surface area contributed by atoms with Crippen LogP contribution < -0.4 is 0 Å². The van der Waals surface area contributed by atoms with E-state index in [1.807, 2.05) is 52.3 Å². The lowest BCUT2D eigenvalue weighted by atomic mass is 10.0. The molecule has 0 radical (unpaired) electrons. The lowest BCUT2D eigenvalue weighted by Gasteiger charge is -2.25. The topological polar surface area (TPSA) is 40.6 Å². The van der Waals surface area contributed by atoms with Gasteiger partial charge in [-0.2, -0.15) is 0 Å². The highest BCUT2D eigenvalue weighted by Gasteiger charge is 2.48. The number of rotatable bonds is 16. The minimum atomic E-state index is -0.0225. The molecule has 0 aliphatic carbocycles. The van der Waals surface area contributed by atoms with Crippen molar-refractivity contribution < 1.29 is 9.59 Å². The van der Waals surface area contributed by atoms with E-state index in [0.29, 0.717) is 24.2 Å². The summed E-state index contributed by atoms with van der Waals surface area (Å²) in [7, 11) is 0. The molecule has 4 rings (SSSR count). The number of fused-ring (bicyclic) bond motifs is 1. The zero-order valence-electron chi connectivity index (χ0n) is 22.9. The molecule has 2 aliphatic heterocycles. The summed E-state index contributed by atoms with van der Waals surface area (Å²) in [5, 5.41) is 0. The van der Waals surface area contributed by atoms with Gasteiger partial charge in [-0.1, -0.05) is 108 Å². The van der Waals surface area contributed by atoms with E-state index >= 15 is 0 Å². The van der Waals surface area contributed by atoms with Gasteiger partial charge in [0.2, 0.25) is 0 Å². The Morgan fingerprint density at radius 2 is 1.13 bits per heavy atom. The number of carbonyl (C=O) groups is 2. The van der Waals surface area contributed by atoms with Crippen LogP contribution in [0.3, 0.4) is 0 Å². The molecule has 204 valence electrons. The summed E-state index contributed by atoms with van der Waals surface area (Å²) in [5.74, 6) is -0.0449. The molecule has 6 heteroatoms. The molecule has 0 fully saturated rings. The van der Waals surface area contributed by atoms with E-state index in [2.05, 4.69) is 29.8 Å². The molecule has 0 saturated heterocycles. The highest BCUT2D eigenvalue weighted by atomic mass is 79.9. The number of unbranched alkanes of at least 4 members (excludes halogenated alkanes) is 10. The zero-order chi connectivity index (χ0) is 26.9. The molecule has 2 aromatic rings. The Kier molecular flexibility index (Phi) is 10.8. The van der Waals surface area contributed by atoms with Gasteiger partial charge < -0.3 is 9.80 Å². The molecule has 1 aromatic carbocycles. The fourth-order valence-electron chi connectivity index (χ4n) is 5.52. The molecule has 38 heavy (non-hydrogen) atoms. The van der Waals surface area contributed by atoms with Gasteiger partial charge in [0.05, 0.1) is 31.2 Å². The highest BCUT2D eigenvalue weighted by molar-refractivity contribution is 9.11. The van der Waals surface area contributed by atoms with E-state index in [-0.39, 0.29) is 11.8 Å². The summed E-state index contributed by atoms with van der Waals surface area (Å²) in [6.07, 6.45) is 13.9. The maximum Gasteiger partial charge on any atom is 0.261 e. The molecule has 0 atom stereocenters. The van der Waals surface area contributed by atoms with Gasteiger partial charge in [-0.05, 0) is 46.5 Å². The van der Waals surface area contributed by atoms with Gasteiger partial charge in [-0.15, -0.1) is 11.3 Å². The smallest absolute Gasteiger partial charge is 0.261 e. The van der Waals surface area contributed by atoms with Crippen molar-refractivity contribution in [1.29, 1.82) is 0 Å². The van der Waals surface area contributed by atoms with E-state index in [1.165, 1.54) is 51.4 Å². The lowest BCUT2D eigenvalue weighted by molar-refractivity contribution is -0.124. The Morgan fingerprint density at radius 1 is 0.632 bits per heavy atom. The van der Waals surface area contributed by atoms with Crippen molar-refractivity contribution in [3.8, 4) is 0 Å². The zero-order valence-corrected chi connectivity index (χ0v) is 25.3. The standard InChI is InChI=1S/C32H41BrN2O2S/c1-3-5-7-9-11-16-22-34-29(24-18-14-13-15-19-24)27-28(32(34)37)30(25-20-21-26(33)38-25)35(31(27)36)23-17-12-10-8-6-4-2/h13-15,18-21H,3-12,16-17,22-23H2,1-2H3. The van der Waals surface area contributed by atoms with Crippen molar-refractivity contribution in [2.45, 2.75) is 90.9 Å². The predicted molar refractivity (Wildman–Crippen MR) is 162 cm³/mol. The van der Waals surface area contributed by atoms with Crippen molar-refractivity contribution in [1.82, 2.24) is 9.80 Å². The molecule has 2 aliphatic rings. The number of halogens is 1. The number of hydrogen-bond acceptors (Lipinski definition) is 3. The molecule has 4 nitrogen and oxygen atoms in total. The van der Waals surface area contributed by atoms with Crippen LogP contribution in [0.4, 0.5) is 0 Å². The number of benzene rings is 1. The molecular formula is C32H41BrN2O2S. The molecule has 3 heterocycles. The first-order valence-corrected chi connectivity index (χ1v) is 16.1. The van der Waals surface area contributed by atoms with Crippen molar-refractivity contribution in [2.24, 2.45) is 0 Å². The maximum absolute atomic E-state index is 14.1. The average molecular weight is 598 g/mol.